The van der Waals surface area contributed by atoms with Gasteiger partial charge in [0, 0.05) is 15.6 Å². The Bertz CT molecular complexity index is 901. The highest BCUT2D eigenvalue weighted by Crippen LogP contribution is 2.28. The van der Waals surface area contributed by atoms with E-state index in [1.54, 1.807) is 30.3 Å². The molecule has 3 rings (SSSR count). The van der Waals surface area contributed by atoms with Crippen molar-refractivity contribution in [2.24, 2.45) is 0 Å². The molecule has 22 heavy (non-hydrogen) atoms. The van der Waals surface area contributed by atoms with Gasteiger partial charge in [0.15, 0.2) is 5.76 Å². The molecular weight excluding hydrogens is 370 g/mol. The molecule has 0 aromatic heterocycles. The molecule has 0 amide bonds. The molecule has 0 radical (unpaired) electrons. The number of carbonyl (C=O) groups is 1. The van der Waals surface area contributed by atoms with Crippen LogP contribution in [0, 0.1) is 0 Å². The van der Waals surface area contributed by atoms with Crippen LogP contribution in [0.3, 0.4) is 0 Å². The second-order valence-electron chi connectivity index (χ2n) is 4.66. The van der Waals surface area contributed by atoms with Crippen molar-refractivity contribution < 1.29 is 18.3 Å². The molecule has 112 valence electrons. The van der Waals surface area contributed by atoms with E-state index in [-0.39, 0.29) is 16.2 Å². The van der Waals surface area contributed by atoms with Crippen LogP contribution in [0.5, 0.6) is 0 Å². The summed E-state index contributed by atoms with van der Waals surface area (Å²) in [7, 11) is -3.88. The number of nitrogens with one attached hydrogen (secondary N) is 1. The zero-order chi connectivity index (χ0) is 15.9. The summed E-state index contributed by atoms with van der Waals surface area (Å²) in [4.78, 5) is 12.3. The molecule has 0 spiro atoms. The lowest BCUT2D eigenvalue weighted by Gasteiger charge is -2.20. The monoisotopic (exact) mass is 379 g/mol. The molecule has 1 aliphatic heterocycles. The van der Waals surface area contributed by atoms with E-state index in [0.29, 0.717) is 5.56 Å². The molecule has 0 fully saturated rings. The highest BCUT2D eigenvalue weighted by molar-refractivity contribution is 9.10. The van der Waals surface area contributed by atoms with Crippen molar-refractivity contribution in [1.29, 1.82) is 0 Å². The number of Topliss-reactive ketones (excluding diaryl/α,β-unsaturated/α-hetero) is 1. The van der Waals surface area contributed by atoms with Crippen molar-refractivity contribution in [2.45, 2.75) is 4.90 Å². The number of benzene rings is 2. The Labute approximate surface area is 135 Å². The Morgan fingerprint density at radius 1 is 1.05 bits per heavy atom. The standard InChI is InChI=1S/C15H10BrNO4S/c16-10-7-5-9(6-8-10)14(18)13-15(19)11-3-1-2-4-12(11)22(20,21)17-13/h1-8,17-18H. The molecule has 0 atom stereocenters. The fourth-order valence-electron chi connectivity index (χ4n) is 2.17. The summed E-state index contributed by atoms with van der Waals surface area (Å²) in [5, 5.41) is 10.3. The smallest absolute Gasteiger partial charge is 0.262 e. The zero-order valence-electron chi connectivity index (χ0n) is 11.1. The van der Waals surface area contributed by atoms with Crippen LogP contribution in [0.1, 0.15) is 15.9 Å². The number of carbonyl (C=O) groups excluding carboxylic acids is 1. The number of hydrogen-bond acceptors (Lipinski definition) is 4. The number of fused-ring (bicyclic) bond motifs is 1. The van der Waals surface area contributed by atoms with Crippen molar-refractivity contribution in [1.82, 2.24) is 4.72 Å². The van der Waals surface area contributed by atoms with Gasteiger partial charge in [-0.05, 0) is 24.3 Å². The highest BCUT2D eigenvalue weighted by Gasteiger charge is 2.34. The van der Waals surface area contributed by atoms with Gasteiger partial charge >= 0.3 is 0 Å². The van der Waals surface area contributed by atoms with E-state index in [2.05, 4.69) is 20.7 Å². The Hall–Kier alpha value is -2.12. The van der Waals surface area contributed by atoms with Gasteiger partial charge in [-0.2, -0.15) is 0 Å². The second kappa shape index (κ2) is 5.26. The van der Waals surface area contributed by atoms with E-state index >= 15 is 0 Å². The predicted octanol–water partition coefficient (Wildman–Crippen LogP) is 2.85. The fraction of sp³-hybridized carbons (Fsp3) is 0. The molecule has 0 bridgehead atoms. The maximum atomic E-state index is 12.4. The van der Waals surface area contributed by atoms with Crippen molar-refractivity contribution >= 4 is 37.5 Å². The highest BCUT2D eigenvalue weighted by atomic mass is 79.9. The lowest BCUT2D eigenvalue weighted by molar-refractivity contribution is 0.102. The van der Waals surface area contributed by atoms with Crippen molar-refractivity contribution in [3.05, 3.63) is 69.8 Å². The SMILES string of the molecule is O=C1C(=C(O)c2ccc(Br)cc2)NS(=O)(=O)c2ccccc21. The molecule has 0 saturated carbocycles. The Morgan fingerprint density at radius 2 is 1.68 bits per heavy atom. The summed E-state index contributed by atoms with van der Waals surface area (Å²) in [6.45, 7) is 0. The van der Waals surface area contributed by atoms with E-state index < -0.39 is 21.6 Å². The summed E-state index contributed by atoms with van der Waals surface area (Å²) in [6, 6.07) is 12.4. The van der Waals surface area contributed by atoms with Gasteiger partial charge in [0.1, 0.15) is 5.70 Å². The largest absolute Gasteiger partial charge is 0.505 e. The summed E-state index contributed by atoms with van der Waals surface area (Å²) in [5.74, 6) is -0.971. The van der Waals surface area contributed by atoms with Gasteiger partial charge in [0.25, 0.3) is 10.0 Å². The number of ketones is 1. The molecule has 2 aromatic carbocycles. The summed E-state index contributed by atoms with van der Waals surface area (Å²) >= 11 is 3.27. The lowest BCUT2D eigenvalue weighted by atomic mass is 10.0. The average Bonchev–Trinajstić information content (AvgIpc) is 2.51. The second-order valence-corrected chi connectivity index (χ2v) is 7.23. The Balaban J connectivity index is 2.19. The molecule has 5 nitrogen and oxygen atoms in total. The molecule has 0 unspecified atom stereocenters. The van der Waals surface area contributed by atoms with Crippen molar-refractivity contribution in [3.8, 4) is 0 Å². The number of aliphatic hydroxyl groups is 1. The van der Waals surface area contributed by atoms with Crippen LogP contribution in [-0.4, -0.2) is 19.3 Å². The van der Waals surface area contributed by atoms with Gasteiger partial charge in [-0.3, -0.25) is 9.52 Å². The van der Waals surface area contributed by atoms with Gasteiger partial charge < -0.3 is 5.11 Å². The van der Waals surface area contributed by atoms with Crippen LogP contribution >= 0.6 is 15.9 Å². The first kappa shape index (κ1) is 14.8. The summed E-state index contributed by atoms with van der Waals surface area (Å²) < 4.78 is 27.4. The quantitative estimate of drug-likeness (QED) is 0.589. The Kier molecular flexibility index (Phi) is 3.54. The molecule has 1 aliphatic rings. The lowest BCUT2D eigenvalue weighted by Crippen LogP contribution is -2.35. The predicted molar refractivity (Wildman–Crippen MR) is 84.8 cm³/mol. The first-order valence-electron chi connectivity index (χ1n) is 6.26. The van der Waals surface area contributed by atoms with E-state index in [9.17, 15) is 18.3 Å². The van der Waals surface area contributed by atoms with Crippen LogP contribution in [0.2, 0.25) is 0 Å². The maximum absolute atomic E-state index is 12.4. The number of aliphatic hydroxyl groups excluding tert-OH is 1. The molecule has 2 N–H and O–H groups in total. The van der Waals surface area contributed by atoms with Crippen LogP contribution in [0.15, 0.2) is 63.6 Å². The van der Waals surface area contributed by atoms with Gasteiger partial charge in [0.2, 0.25) is 5.78 Å². The van der Waals surface area contributed by atoms with Crippen LogP contribution in [-0.2, 0) is 10.0 Å². The number of rotatable bonds is 1. The summed E-state index contributed by atoms with van der Waals surface area (Å²) in [6.07, 6.45) is 0. The fourth-order valence-corrected chi connectivity index (χ4v) is 3.71. The molecule has 0 aliphatic carbocycles. The van der Waals surface area contributed by atoms with Gasteiger partial charge in [-0.15, -0.1) is 0 Å². The minimum absolute atomic E-state index is 0.0416. The number of allylic oxidation sites excluding steroid dienone is 1. The van der Waals surface area contributed by atoms with Crippen molar-refractivity contribution in [3.63, 3.8) is 0 Å². The number of halogens is 1. The first-order chi connectivity index (χ1) is 10.4. The van der Waals surface area contributed by atoms with Crippen LogP contribution < -0.4 is 4.72 Å². The first-order valence-corrected chi connectivity index (χ1v) is 8.53. The van der Waals surface area contributed by atoms with Gasteiger partial charge in [-0.1, -0.05) is 40.2 Å². The normalized spacial score (nSPS) is 18.3. The number of hydrogen-bond donors (Lipinski definition) is 2. The van der Waals surface area contributed by atoms with E-state index in [1.807, 2.05) is 0 Å². The zero-order valence-corrected chi connectivity index (χ0v) is 13.5. The third kappa shape index (κ3) is 2.42. The van der Waals surface area contributed by atoms with Gasteiger partial charge in [0.05, 0.1) is 4.90 Å². The van der Waals surface area contributed by atoms with Crippen LogP contribution in [0.4, 0.5) is 0 Å². The number of sulfonamides is 1. The molecule has 2 aromatic rings. The van der Waals surface area contributed by atoms with E-state index in [4.69, 9.17) is 0 Å². The topological polar surface area (TPSA) is 83.5 Å². The van der Waals surface area contributed by atoms with E-state index in [1.165, 1.54) is 18.2 Å². The molecule has 7 heteroatoms. The average molecular weight is 380 g/mol. The Morgan fingerprint density at radius 3 is 2.36 bits per heavy atom. The minimum Gasteiger partial charge on any atom is -0.505 e. The molecule has 1 heterocycles. The summed E-state index contributed by atoms with van der Waals surface area (Å²) in [5.41, 5.74) is 0.0366. The van der Waals surface area contributed by atoms with Gasteiger partial charge in [-0.25, -0.2) is 8.42 Å². The van der Waals surface area contributed by atoms with E-state index in [0.717, 1.165) is 4.47 Å². The van der Waals surface area contributed by atoms with Crippen molar-refractivity contribution in [2.75, 3.05) is 0 Å². The third-order valence-corrected chi connectivity index (χ3v) is 5.18. The minimum atomic E-state index is -3.88. The third-order valence-electron chi connectivity index (χ3n) is 3.24. The maximum Gasteiger partial charge on any atom is 0.262 e. The van der Waals surface area contributed by atoms with Crippen LogP contribution in [0.25, 0.3) is 5.76 Å². The molecule has 0 saturated heterocycles. The molecular formula is C15H10BrNO4S.